The summed E-state index contributed by atoms with van der Waals surface area (Å²) < 4.78 is 5.10. The summed E-state index contributed by atoms with van der Waals surface area (Å²) in [4.78, 5) is 0. The second-order valence-electron chi connectivity index (χ2n) is 4.09. The maximum atomic E-state index is 5.10. The molecule has 1 nitrogen and oxygen atoms in total. The van der Waals surface area contributed by atoms with E-state index in [0.29, 0.717) is 0 Å². The van der Waals surface area contributed by atoms with Crippen molar-refractivity contribution in [2.75, 3.05) is 7.11 Å². The Hall–Kier alpha value is -2.46. The monoisotopic (exact) mass is 248 g/mol. The summed E-state index contributed by atoms with van der Waals surface area (Å²) in [6, 6.07) is 18.1. The van der Waals surface area contributed by atoms with Crippen LogP contribution < -0.4 is 4.74 Å². The van der Waals surface area contributed by atoms with E-state index in [1.54, 1.807) is 7.11 Å². The lowest BCUT2D eigenvalue weighted by Gasteiger charge is -1.97. The fourth-order valence-electron chi connectivity index (χ4n) is 1.67. The van der Waals surface area contributed by atoms with Crippen LogP contribution in [0.15, 0.2) is 66.7 Å². The molecule has 94 valence electrons. The molecule has 0 heterocycles. The zero-order chi connectivity index (χ0) is 13.3. The standard InChI is InChI=1S/C18H16O/c1-19-18-14-12-17(13-15-18)11-7-3-6-10-16-8-4-2-5-9-16/h2-6,8-9,12-15H,10H2,1H3/b6-3+. The van der Waals surface area contributed by atoms with Crippen LogP contribution in [0.4, 0.5) is 0 Å². The van der Waals surface area contributed by atoms with E-state index in [1.807, 2.05) is 48.5 Å². The number of hydrogen-bond acceptors (Lipinski definition) is 1. The van der Waals surface area contributed by atoms with Crippen LogP contribution in [0.25, 0.3) is 0 Å². The molecule has 0 spiro atoms. The fourth-order valence-corrected chi connectivity index (χ4v) is 1.67. The molecule has 19 heavy (non-hydrogen) atoms. The minimum atomic E-state index is 0.852. The molecule has 0 radical (unpaired) electrons. The van der Waals surface area contributed by atoms with Crippen molar-refractivity contribution in [2.45, 2.75) is 6.42 Å². The summed E-state index contributed by atoms with van der Waals surface area (Å²) in [6.45, 7) is 0. The summed E-state index contributed by atoms with van der Waals surface area (Å²) in [6.07, 6.45) is 4.89. The third-order valence-electron chi connectivity index (χ3n) is 2.70. The van der Waals surface area contributed by atoms with Crippen LogP contribution in [0, 0.1) is 11.8 Å². The van der Waals surface area contributed by atoms with E-state index in [-0.39, 0.29) is 0 Å². The molecule has 2 rings (SSSR count). The summed E-state index contributed by atoms with van der Waals surface area (Å²) in [5.41, 5.74) is 2.29. The average Bonchev–Trinajstić information content (AvgIpc) is 2.49. The van der Waals surface area contributed by atoms with Gasteiger partial charge in [0.25, 0.3) is 0 Å². The lowest BCUT2D eigenvalue weighted by molar-refractivity contribution is 0.415. The highest BCUT2D eigenvalue weighted by Crippen LogP contribution is 2.10. The topological polar surface area (TPSA) is 9.23 Å². The van der Waals surface area contributed by atoms with Crippen molar-refractivity contribution < 1.29 is 4.74 Å². The van der Waals surface area contributed by atoms with Crippen LogP contribution >= 0.6 is 0 Å². The zero-order valence-electron chi connectivity index (χ0n) is 11.0. The number of methoxy groups -OCH3 is 1. The molecule has 0 aliphatic carbocycles. The molecule has 0 amide bonds. The lowest BCUT2D eigenvalue weighted by Crippen LogP contribution is -1.81. The predicted molar refractivity (Wildman–Crippen MR) is 79.2 cm³/mol. The second kappa shape index (κ2) is 7.08. The van der Waals surface area contributed by atoms with Crippen molar-refractivity contribution in [3.8, 4) is 17.6 Å². The third kappa shape index (κ3) is 4.37. The molecule has 0 bridgehead atoms. The second-order valence-corrected chi connectivity index (χ2v) is 4.09. The molecule has 1 heteroatoms. The van der Waals surface area contributed by atoms with E-state index >= 15 is 0 Å². The SMILES string of the molecule is COc1ccc(C#C/C=C/Cc2ccccc2)cc1. The molecule has 0 N–H and O–H groups in total. The van der Waals surface area contributed by atoms with Gasteiger partial charge in [0.1, 0.15) is 5.75 Å². The highest BCUT2D eigenvalue weighted by molar-refractivity contribution is 5.40. The van der Waals surface area contributed by atoms with Gasteiger partial charge in [0.05, 0.1) is 7.11 Å². The number of benzene rings is 2. The first kappa shape index (κ1) is 13.0. The molecular formula is C18H16O. The molecule has 0 unspecified atom stereocenters. The molecule has 2 aromatic rings. The Morgan fingerprint density at radius 3 is 2.42 bits per heavy atom. The Kier molecular flexibility index (Phi) is 4.84. The maximum Gasteiger partial charge on any atom is 0.118 e. The van der Waals surface area contributed by atoms with Crippen LogP contribution in [-0.2, 0) is 6.42 Å². The minimum Gasteiger partial charge on any atom is -0.497 e. The first-order valence-electron chi connectivity index (χ1n) is 6.23. The van der Waals surface area contributed by atoms with E-state index in [1.165, 1.54) is 5.56 Å². The zero-order valence-corrected chi connectivity index (χ0v) is 11.0. The summed E-state index contributed by atoms with van der Waals surface area (Å²) in [5.74, 6) is 6.98. The predicted octanol–water partition coefficient (Wildman–Crippen LogP) is 3.85. The highest BCUT2D eigenvalue weighted by Gasteiger charge is 1.89. The molecule has 2 aromatic carbocycles. The van der Waals surface area contributed by atoms with Crippen LogP contribution in [-0.4, -0.2) is 7.11 Å². The number of hydrogen-bond donors (Lipinski definition) is 0. The van der Waals surface area contributed by atoms with Crippen molar-refractivity contribution in [1.82, 2.24) is 0 Å². The van der Waals surface area contributed by atoms with E-state index in [4.69, 9.17) is 4.74 Å². The van der Waals surface area contributed by atoms with Gasteiger partial charge in [-0.1, -0.05) is 48.2 Å². The quantitative estimate of drug-likeness (QED) is 0.750. The van der Waals surface area contributed by atoms with Gasteiger partial charge in [-0.15, -0.1) is 0 Å². The van der Waals surface area contributed by atoms with Crippen molar-refractivity contribution in [3.63, 3.8) is 0 Å². The van der Waals surface area contributed by atoms with Crippen LogP contribution in [0.1, 0.15) is 11.1 Å². The third-order valence-corrected chi connectivity index (χ3v) is 2.70. The van der Waals surface area contributed by atoms with Gasteiger partial charge < -0.3 is 4.74 Å². The Balaban J connectivity index is 1.89. The van der Waals surface area contributed by atoms with Gasteiger partial charge in [0.15, 0.2) is 0 Å². The van der Waals surface area contributed by atoms with Crippen LogP contribution in [0.5, 0.6) is 5.75 Å². The number of rotatable bonds is 3. The van der Waals surface area contributed by atoms with Crippen molar-refractivity contribution in [3.05, 3.63) is 77.9 Å². The van der Waals surface area contributed by atoms with Gasteiger partial charge in [0, 0.05) is 5.56 Å². The maximum absolute atomic E-state index is 5.10. The van der Waals surface area contributed by atoms with E-state index < -0.39 is 0 Å². The smallest absolute Gasteiger partial charge is 0.118 e. The van der Waals surface area contributed by atoms with Crippen molar-refractivity contribution in [1.29, 1.82) is 0 Å². The summed E-state index contributed by atoms with van der Waals surface area (Å²) in [5, 5.41) is 0. The van der Waals surface area contributed by atoms with Gasteiger partial charge in [0.2, 0.25) is 0 Å². The molecule has 0 atom stereocenters. The van der Waals surface area contributed by atoms with Crippen molar-refractivity contribution >= 4 is 0 Å². The Bertz CT molecular complexity index is 583. The molecule has 0 fully saturated rings. The Morgan fingerprint density at radius 1 is 1.00 bits per heavy atom. The average molecular weight is 248 g/mol. The number of ether oxygens (including phenoxy) is 1. The Morgan fingerprint density at radius 2 is 1.74 bits per heavy atom. The Labute approximate surface area is 114 Å². The normalized spacial score (nSPS) is 9.95. The molecular weight excluding hydrogens is 232 g/mol. The van der Waals surface area contributed by atoms with Gasteiger partial charge in [-0.25, -0.2) is 0 Å². The highest BCUT2D eigenvalue weighted by atomic mass is 16.5. The largest absolute Gasteiger partial charge is 0.497 e. The molecule has 0 aliphatic heterocycles. The first-order chi connectivity index (χ1) is 9.38. The van der Waals surface area contributed by atoms with Crippen LogP contribution in [0.2, 0.25) is 0 Å². The van der Waals surface area contributed by atoms with E-state index in [2.05, 4.69) is 30.0 Å². The number of allylic oxidation sites excluding steroid dienone is 2. The van der Waals surface area contributed by atoms with Crippen molar-refractivity contribution in [2.24, 2.45) is 0 Å². The summed E-state index contributed by atoms with van der Waals surface area (Å²) >= 11 is 0. The molecule has 0 aromatic heterocycles. The molecule has 0 aliphatic rings. The molecule has 0 saturated heterocycles. The summed E-state index contributed by atoms with van der Waals surface area (Å²) in [7, 11) is 1.66. The van der Waals surface area contributed by atoms with Gasteiger partial charge in [-0.3, -0.25) is 0 Å². The van der Waals surface area contributed by atoms with E-state index in [0.717, 1.165) is 17.7 Å². The fraction of sp³-hybridized carbons (Fsp3) is 0.111. The minimum absolute atomic E-state index is 0.852. The molecule has 0 saturated carbocycles. The van der Waals surface area contributed by atoms with Gasteiger partial charge in [-0.2, -0.15) is 0 Å². The lowest BCUT2D eigenvalue weighted by atomic mass is 10.1. The van der Waals surface area contributed by atoms with Gasteiger partial charge >= 0.3 is 0 Å². The van der Waals surface area contributed by atoms with Crippen LogP contribution in [0.3, 0.4) is 0 Å². The van der Waals surface area contributed by atoms with Gasteiger partial charge in [-0.05, 0) is 42.3 Å². The van der Waals surface area contributed by atoms with E-state index in [9.17, 15) is 0 Å². The first-order valence-corrected chi connectivity index (χ1v) is 6.23.